The average Bonchev–Trinajstić information content (AvgIpc) is 3.32. The van der Waals surface area contributed by atoms with Gasteiger partial charge in [-0.25, -0.2) is 4.68 Å². The number of nitrogens with one attached hydrogen (secondary N) is 2. The third kappa shape index (κ3) is 4.20. The van der Waals surface area contributed by atoms with Gasteiger partial charge in [0.05, 0.1) is 29.0 Å². The molecule has 7 heteroatoms. The van der Waals surface area contributed by atoms with E-state index in [0.717, 1.165) is 33.9 Å². The average molecular weight is 403 g/mol. The molecule has 0 aliphatic heterocycles. The summed E-state index contributed by atoms with van der Waals surface area (Å²) in [5, 5.41) is 16.1. The van der Waals surface area contributed by atoms with Gasteiger partial charge in [0, 0.05) is 30.9 Å². The zero-order valence-corrected chi connectivity index (χ0v) is 17.1. The van der Waals surface area contributed by atoms with Crippen molar-refractivity contribution >= 4 is 23.0 Å². The van der Waals surface area contributed by atoms with Gasteiger partial charge in [-0.15, -0.1) is 0 Å². The molecule has 2 aromatic carbocycles. The Hall–Kier alpha value is -3.45. The second-order valence-corrected chi connectivity index (χ2v) is 7.13. The van der Waals surface area contributed by atoms with Crippen molar-refractivity contribution < 1.29 is 0 Å². The van der Waals surface area contributed by atoms with E-state index in [1.54, 1.807) is 6.20 Å². The SMILES string of the molecule is Cc1c(NC(=S)NCc2cn(-c3ccccc3)nc2-c2ccccc2)cnn1C. The summed E-state index contributed by atoms with van der Waals surface area (Å²) in [6.45, 7) is 2.55. The van der Waals surface area contributed by atoms with Crippen LogP contribution in [0.1, 0.15) is 11.3 Å². The number of aromatic nitrogens is 4. The number of aryl methyl sites for hydroxylation is 1. The molecule has 0 saturated carbocycles. The first kappa shape index (κ1) is 18.9. The van der Waals surface area contributed by atoms with Gasteiger partial charge in [0.1, 0.15) is 0 Å². The molecule has 2 aromatic heterocycles. The second kappa shape index (κ2) is 8.28. The number of thiocarbonyl (C=S) groups is 1. The Bertz CT molecular complexity index is 1110. The smallest absolute Gasteiger partial charge is 0.171 e. The first-order valence-corrected chi connectivity index (χ1v) is 9.75. The summed E-state index contributed by atoms with van der Waals surface area (Å²) in [4.78, 5) is 0. The van der Waals surface area contributed by atoms with Gasteiger partial charge >= 0.3 is 0 Å². The van der Waals surface area contributed by atoms with Crippen LogP contribution in [0.15, 0.2) is 73.1 Å². The maximum absolute atomic E-state index is 5.48. The van der Waals surface area contributed by atoms with E-state index in [9.17, 15) is 0 Å². The highest BCUT2D eigenvalue weighted by Crippen LogP contribution is 2.23. The molecule has 2 heterocycles. The molecule has 2 N–H and O–H groups in total. The van der Waals surface area contributed by atoms with Crippen LogP contribution in [-0.4, -0.2) is 24.7 Å². The lowest BCUT2D eigenvalue weighted by atomic mass is 10.1. The quantitative estimate of drug-likeness (QED) is 0.493. The van der Waals surface area contributed by atoms with Gasteiger partial charge < -0.3 is 10.6 Å². The molecule has 6 nitrogen and oxygen atoms in total. The molecule has 0 radical (unpaired) electrons. The fourth-order valence-corrected chi connectivity index (χ4v) is 3.24. The Balaban J connectivity index is 1.56. The van der Waals surface area contributed by atoms with Crippen molar-refractivity contribution in [3.05, 3.63) is 84.3 Å². The highest BCUT2D eigenvalue weighted by atomic mass is 32.1. The number of rotatable bonds is 5. The largest absolute Gasteiger partial charge is 0.358 e. The van der Waals surface area contributed by atoms with Crippen LogP contribution < -0.4 is 10.6 Å². The fraction of sp³-hybridized carbons (Fsp3) is 0.136. The Kier molecular flexibility index (Phi) is 5.39. The summed E-state index contributed by atoms with van der Waals surface area (Å²) in [6.07, 6.45) is 3.81. The van der Waals surface area contributed by atoms with Crippen molar-refractivity contribution in [2.24, 2.45) is 7.05 Å². The summed E-state index contributed by atoms with van der Waals surface area (Å²) < 4.78 is 3.71. The lowest BCUT2D eigenvalue weighted by molar-refractivity contribution is 0.740. The summed E-state index contributed by atoms with van der Waals surface area (Å²) >= 11 is 5.48. The van der Waals surface area contributed by atoms with Crippen molar-refractivity contribution in [2.45, 2.75) is 13.5 Å². The van der Waals surface area contributed by atoms with E-state index in [-0.39, 0.29) is 0 Å². The lowest BCUT2D eigenvalue weighted by Gasteiger charge is -2.10. The Morgan fingerprint density at radius 1 is 1.03 bits per heavy atom. The summed E-state index contributed by atoms with van der Waals surface area (Å²) in [7, 11) is 1.90. The number of hydrogen-bond acceptors (Lipinski definition) is 3. The molecular formula is C22H22N6S. The van der Waals surface area contributed by atoms with Gasteiger partial charge in [0.25, 0.3) is 0 Å². The number of anilines is 1. The molecule has 0 atom stereocenters. The summed E-state index contributed by atoms with van der Waals surface area (Å²) in [5.41, 5.74) is 6.00. The molecule has 29 heavy (non-hydrogen) atoms. The maximum Gasteiger partial charge on any atom is 0.171 e. The molecule has 0 unspecified atom stereocenters. The number of benzene rings is 2. The standard InChI is InChI=1S/C22H22N6S/c1-16-20(14-24-27(16)2)25-22(29)23-13-18-15-28(19-11-7-4-8-12-19)26-21(18)17-9-5-3-6-10-17/h3-12,14-15H,13H2,1-2H3,(H2,23,25,29). The normalized spacial score (nSPS) is 10.7. The Labute approximate surface area is 175 Å². The van der Waals surface area contributed by atoms with E-state index in [2.05, 4.69) is 27.9 Å². The first-order chi connectivity index (χ1) is 14.1. The molecule has 0 aliphatic carbocycles. The van der Waals surface area contributed by atoms with Crippen LogP contribution in [0.4, 0.5) is 5.69 Å². The molecule has 0 amide bonds. The summed E-state index contributed by atoms with van der Waals surface area (Å²) in [6, 6.07) is 20.3. The van der Waals surface area contributed by atoms with Crippen molar-refractivity contribution in [3.63, 3.8) is 0 Å². The first-order valence-electron chi connectivity index (χ1n) is 9.34. The summed E-state index contributed by atoms with van der Waals surface area (Å²) in [5.74, 6) is 0. The van der Waals surface area contributed by atoms with Gasteiger partial charge in [0.15, 0.2) is 5.11 Å². The van der Waals surface area contributed by atoms with Crippen molar-refractivity contribution in [1.82, 2.24) is 24.9 Å². The van der Waals surface area contributed by atoms with Crippen LogP contribution in [-0.2, 0) is 13.6 Å². The number of hydrogen-bond donors (Lipinski definition) is 2. The van der Waals surface area contributed by atoms with Gasteiger partial charge in [-0.1, -0.05) is 48.5 Å². The predicted octanol–water partition coefficient (Wildman–Crippen LogP) is 4.07. The van der Waals surface area contributed by atoms with Gasteiger partial charge in [-0.05, 0) is 31.3 Å². The lowest BCUT2D eigenvalue weighted by Crippen LogP contribution is -2.28. The minimum absolute atomic E-state index is 0.549. The zero-order valence-electron chi connectivity index (χ0n) is 16.3. The fourth-order valence-electron chi connectivity index (χ4n) is 3.05. The molecular weight excluding hydrogens is 380 g/mol. The third-order valence-corrected chi connectivity index (χ3v) is 5.03. The molecule has 146 valence electrons. The van der Waals surface area contributed by atoms with Crippen LogP contribution in [0.5, 0.6) is 0 Å². The van der Waals surface area contributed by atoms with Crippen LogP contribution >= 0.6 is 12.2 Å². The molecule has 0 bridgehead atoms. The van der Waals surface area contributed by atoms with Crippen molar-refractivity contribution in [1.29, 1.82) is 0 Å². The van der Waals surface area contributed by atoms with E-state index in [4.69, 9.17) is 17.3 Å². The van der Waals surface area contributed by atoms with Crippen LogP contribution in [0.3, 0.4) is 0 Å². The monoisotopic (exact) mass is 402 g/mol. The number of para-hydroxylation sites is 1. The van der Waals surface area contributed by atoms with Gasteiger partial charge in [0.2, 0.25) is 0 Å². The minimum atomic E-state index is 0.549. The molecule has 0 aliphatic rings. The molecule has 4 rings (SSSR count). The minimum Gasteiger partial charge on any atom is -0.358 e. The van der Waals surface area contributed by atoms with Crippen LogP contribution in [0.2, 0.25) is 0 Å². The van der Waals surface area contributed by atoms with E-state index in [1.165, 1.54) is 0 Å². The molecule has 0 fully saturated rings. The predicted molar refractivity (Wildman–Crippen MR) is 120 cm³/mol. The van der Waals surface area contributed by atoms with E-state index < -0.39 is 0 Å². The van der Waals surface area contributed by atoms with E-state index in [0.29, 0.717) is 11.7 Å². The van der Waals surface area contributed by atoms with E-state index >= 15 is 0 Å². The third-order valence-electron chi connectivity index (χ3n) is 4.78. The van der Waals surface area contributed by atoms with Crippen LogP contribution in [0.25, 0.3) is 16.9 Å². The molecule has 0 spiro atoms. The topological polar surface area (TPSA) is 59.7 Å². The highest BCUT2D eigenvalue weighted by molar-refractivity contribution is 7.80. The zero-order chi connectivity index (χ0) is 20.2. The molecule has 0 saturated heterocycles. The van der Waals surface area contributed by atoms with Gasteiger partial charge in [-0.3, -0.25) is 4.68 Å². The Morgan fingerprint density at radius 2 is 1.72 bits per heavy atom. The van der Waals surface area contributed by atoms with E-state index in [1.807, 2.05) is 78.1 Å². The second-order valence-electron chi connectivity index (χ2n) is 6.72. The van der Waals surface area contributed by atoms with Crippen molar-refractivity contribution in [3.8, 4) is 16.9 Å². The van der Waals surface area contributed by atoms with Gasteiger partial charge in [-0.2, -0.15) is 10.2 Å². The highest BCUT2D eigenvalue weighted by Gasteiger charge is 2.13. The van der Waals surface area contributed by atoms with Crippen LogP contribution in [0, 0.1) is 6.92 Å². The van der Waals surface area contributed by atoms with Crippen molar-refractivity contribution in [2.75, 3.05) is 5.32 Å². The number of nitrogens with zero attached hydrogens (tertiary/aromatic N) is 4. The maximum atomic E-state index is 5.48. The molecule has 4 aromatic rings. The Morgan fingerprint density at radius 3 is 2.38 bits per heavy atom.